The Morgan fingerprint density at radius 3 is 0.932 bits per heavy atom. The Kier molecular flexibility index (Phi) is 11.3. The van der Waals surface area contributed by atoms with E-state index in [9.17, 15) is 0 Å². The van der Waals surface area contributed by atoms with Gasteiger partial charge in [-0.3, -0.25) is 0 Å². The van der Waals surface area contributed by atoms with Crippen molar-refractivity contribution in [2.45, 2.75) is 12.8 Å². The van der Waals surface area contributed by atoms with Gasteiger partial charge in [-0.25, -0.2) is 0 Å². The van der Waals surface area contributed by atoms with Gasteiger partial charge in [0.1, 0.15) is 11.3 Å². The van der Waals surface area contributed by atoms with Gasteiger partial charge in [0.25, 0.3) is 0 Å². The molecule has 0 amide bonds. The molecule has 5 nitrogen and oxygen atoms in total. The Bertz CT molecular complexity index is 3840. The van der Waals surface area contributed by atoms with Crippen LogP contribution in [-0.4, -0.2) is 0 Å². The quantitative estimate of drug-likeness (QED) is 0.122. The molecule has 0 saturated carbocycles. The van der Waals surface area contributed by atoms with E-state index < -0.39 is 0 Å². The fourth-order valence-corrected chi connectivity index (χ4v) is 10.6. The molecule has 0 unspecified atom stereocenters. The van der Waals surface area contributed by atoms with Crippen LogP contribution in [-0.2, 0) is 6.42 Å². The maximum absolute atomic E-state index is 6.69. The molecule has 0 fully saturated rings. The topological polar surface area (TPSA) is 26.1 Å². The molecule has 5 heteroatoms. The molecule has 13 rings (SSSR count). The Balaban J connectivity index is 0.867. The molecule has 11 aromatic carbocycles. The van der Waals surface area contributed by atoms with E-state index >= 15 is 0 Å². The maximum atomic E-state index is 6.69. The molecule has 0 aliphatic heterocycles. The molecule has 0 N–H and O–H groups in total. The van der Waals surface area contributed by atoms with Crippen LogP contribution in [0.3, 0.4) is 0 Å². The van der Waals surface area contributed by atoms with E-state index in [1.54, 1.807) is 0 Å². The fraction of sp³-hybridized carbons (Fsp3) is 0.0294. The van der Waals surface area contributed by atoms with Crippen molar-refractivity contribution in [1.82, 2.24) is 0 Å². The Morgan fingerprint density at radius 1 is 0.260 bits per heavy atom. The Hall–Kier alpha value is -9.58. The van der Waals surface area contributed by atoms with Crippen molar-refractivity contribution in [1.29, 1.82) is 0 Å². The van der Waals surface area contributed by atoms with Crippen LogP contribution in [0.1, 0.15) is 17.7 Å². The van der Waals surface area contributed by atoms with Gasteiger partial charge in [0.15, 0.2) is 0 Å². The van der Waals surface area contributed by atoms with Crippen LogP contribution in [0.2, 0.25) is 0 Å². The molecule has 73 heavy (non-hydrogen) atoms. The molecule has 0 radical (unpaired) electrons. The smallest absolute Gasteiger partial charge is 0.135 e. The standard InChI is InChI=1S/C68H50N4O/c1-7-19-53(20-8-1)69(54-21-9-2-10-22-54)59-35-31-51-45-61(37-33-49(51)43-59)71(57-27-15-5-16-28-57)63-39-41-67-65(47-63)66-48-64(40-42-68(66)73-67)72(58-29-17-6-18-30-58)62-38-34-50-44-60(36-32-52(50)46-62)70(55-23-11-3-12-24-55)56-25-13-4-14-26-56/h1-39,41,43-48H,40,42H2. The fourth-order valence-electron chi connectivity index (χ4n) is 10.6. The van der Waals surface area contributed by atoms with Crippen molar-refractivity contribution in [2.24, 2.45) is 0 Å². The number of rotatable bonds is 12. The third-order valence-electron chi connectivity index (χ3n) is 14.0. The van der Waals surface area contributed by atoms with E-state index in [0.29, 0.717) is 0 Å². The lowest BCUT2D eigenvalue weighted by molar-refractivity contribution is 0.542. The number of para-hydroxylation sites is 6. The first-order valence-corrected chi connectivity index (χ1v) is 25.0. The Morgan fingerprint density at radius 2 is 0.562 bits per heavy atom. The first kappa shape index (κ1) is 43.4. The second-order valence-electron chi connectivity index (χ2n) is 18.5. The molecule has 0 spiro atoms. The first-order valence-electron chi connectivity index (χ1n) is 25.0. The van der Waals surface area contributed by atoms with Crippen molar-refractivity contribution >= 4 is 101 Å². The molecule has 0 atom stereocenters. The van der Waals surface area contributed by atoms with Crippen molar-refractivity contribution in [3.05, 3.63) is 290 Å². The van der Waals surface area contributed by atoms with E-state index in [-0.39, 0.29) is 0 Å². The van der Waals surface area contributed by atoms with Gasteiger partial charge in [0.2, 0.25) is 0 Å². The summed E-state index contributed by atoms with van der Waals surface area (Å²) in [5, 5.41) is 5.78. The minimum absolute atomic E-state index is 0.793. The highest BCUT2D eigenvalue weighted by Crippen LogP contribution is 2.45. The SMILES string of the molecule is C1=C(N(c2ccccc2)c2ccc3cc(N(c4ccccc4)c4ccccc4)ccc3c2)CCc2oc3ccc(N(c4ccccc4)c4ccc5cc(N(c6ccccc6)c6ccccc6)ccc5c4)cc3c21. The van der Waals surface area contributed by atoms with E-state index in [4.69, 9.17) is 4.42 Å². The van der Waals surface area contributed by atoms with Crippen molar-refractivity contribution < 1.29 is 4.42 Å². The zero-order valence-electron chi connectivity index (χ0n) is 40.2. The second kappa shape index (κ2) is 19.0. The number of anilines is 11. The van der Waals surface area contributed by atoms with Gasteiger partial charge in [0, 0.05) is 85.6 Å². The zero-order chi connectivity index (χ0) is 48.5. The molecule has 1 aliphatic rings. The normalized spacial score (nSPS) is 12.1. The first-order chi connectivity index (χ1) is 36.2. The van der Waals surface area contributed by atoms with Crippen LogP contribution in [0.4, 0.5) is 62.6 Å². The average Bonchev–Trinajstić information content (AvgIpc) is 3.82. The van der Waals surface area contributed by atoms with Gasteiger partial charge in [-0.2, -0.15) is 0 Å². The summed E-state index contributed by atoms with van der Waals surface area (Å²) in [5.74, 6) is 1.02. The number of aryl methyl sites for hydroxylation is 1. The maximum Gasteiger partial charge on any atom is 0.135 e. The third-order valence-corrected chi connectivity index (χ3v) is 14.0. The largest absolute Gasteiger partial charge is 0.460 e. The molecule has 1 aliphatic carbocycles. The summed E-state index contributed by atoms with van der Waals surface area (Å²) in [5.41, 5.74) is 15.4. The minimum Gasteiger partial charge on any atom is -0.460 e. The molecule has 0 saturated heterocycles. The second-order valence-corrected chi connectivity index (χ2v) is 18.5. The number of nitrogens with zero attached hydrogens (tertiary/aromatic N) is 4. The van der Waals surface area contributed by atoms with Crippen LogP contribution in [0, 0.1) is 0 Å². The number of fused-ring (bicyclic) bond motifs is 5. The Labute approximate surface area is 426 Å². The average molecular weight is 939 g/mol. The molecule has 1 heterocycles. The zero-order valence-corrected chi connectivity index (χ0v) is 40.2. The molecule has 1 aromatic heterocycles. The summed E-state index contributed by atoms with van der Waals surface area (Å²) in [6, 6.07) is 97.6. The van der Waals surface area contributed by atoms with Crippen molar-refractivity contribution in [3.63, 3.8) is 0 Å². The monoisotopic (exact) mass is 938 g/mol. The van der Waals surface area contributed by atoms with Gasteiger partial charge >= 0.3 is 0 Å². The van der Waals surface area contributed by atoms with E-state index in [1.807, 2.05) is 0 Å². The molecule has 0 bridgehead atoms. The highest BCUT2D eigenvalue weighted by atomic mass is 16.3. The molecule has 348 valence electrons. The van der Waals surface area contributed by atoms with Gasteiger partial charge < -0.3 is 24.0 Å². The summed E-state index contributed by atoms with van der Waals surface area (Å²) >= 11 is 0. The lowest BCUT2D eigenvalue weighted by Crippen LogP contribution is -2.18. The van der Waals surface area contributed by atoms with Crippen LogP contribution < -0.4 is 19.6 Å². The molecular formula is C68H50N4O. The number of hydrogen-bond donors (Lipinski definition) is 0. The van der Waals surface area contributed by atoms with Crippen LogP contribution in [0.5, 0.6) is 0 Å². The minimum atomic E-state index is 0.793. The lowest BCUT2D eigenvalue weighted by Gasteiger charge is -2.30. The number of benzene rings is 11. The van der Waals surface area contributed by atoms with Crippen LogP contribution >= 0.6 is 0 Å². The van der Waals surface area contributed by atoms with E-state index in [0.717, 1.165) is 103 Å². The number of allylic oxidation sites excluding steroid dienone is 1. The summed E-state index contributed by atoms with van der Waals surface area (Å²) in [4.78, 5) is 9.41. The van der Waals surface area contributed by atoms with Crippen LogP contribution in [0.25, 0.3) is 38.6 Å². The van der Waals surface area contributed by atoms with Crippen molar-refractivity contribution in [2.75, 3.05) is 19.6 Å². The van der Waals surface area contributed by atoms with Gasteiger partial charge in [-0.05, 0) is 174 Å². The summed E-state index contributed by atoms with van der Waals surface area (Å²) in [6.45, 7) is 0. The van der Waals surface area contributed by atoms with E-state index in [1.165, 1.54) is 21.9 Å². The summed E-state index contributed by atoms with van der Waals surface area (Å²) < 4.78 is 6.69. The predicted molar refractivity (Wildman–Crippen MR) is 307 cm³/mol. The lowest BCUT2D eigenvalue weighted by atomic mass is 9.97. The third kappa shape index (κ3) is 8.43. The number of furan rings is 1. The molecular weight excluding hydrogens is 889 g/mol. The van der Waals surface area contributed by atoms with Gasteiger partial charge in [-0.15, -0.1) is 0 Å². The molecule has 12 aromatic rings. The van der Waals surface area contributed by atoms with Gasteiger partial charge in [-0.1, -0.05) is 133 Å². The summed E-state index contributed by atoms with van der Waals surface area (Å²) in [6.07, 6.45) is 3.99. The number of hydrogen-bond acceptors (Lipinski definition) is 5. The van der Waals surface area contributed by atoms with Gasteiger partial charge in [0.05, 0.1) is 0 Å². The van der Waals surface area contributed by atoms with E-state index in [2.05, 4.69) is 299 Å². The highest BCUT2D eigenvalue weighted by molar-refractivity contribution is 5.98. The van der Waals surface area contributed by atoms with Crippen molar-refractivity contribution in [3.8, 4) is 0 Å². The predicted octanol–water partition coefficient (Wildman–Crippen LogP) is 19.3. The van der Waals surface area contributed by atoms with Crippen LogP contribution in [0.15, 0.2) is 283 Å². The highest BCUT2D eigenvalue weighted by Gasteiger charge is 2.25. The summed E-state index contributed by atoms with van der Waals surface area (Å²) in [7, 11) is 0.